The van der Waals surface area contributed by atoms with Crippen molar-refractivity contribution in [3.63, 3.8) is 0 Å². The van der Waals surface area contributed by atoms with Gasteiger partial charge in [-0.1, -0.05) is 42.0 Å². The van der Waals surface area contributed by atoms with Crippen molar-refractivity contribution in [2.24, 2.45) is 5.92 Å². The van der Waals surface area contributed by atoms with Gasteiger partial charge in [0.05, 0.1) is 11.5 Å². The quantitative estimate of drug-likeness (QED) is 0.790. The predicted octanol–water partition coefficient (Wildman–Crippen LogP) is 3.74. The smallest absolute Gasteiger partial charge is 0.308 e. The van der Waals surface area contributed by atoms with Crippen LogP contribution in [0.25, 0.3) is 0 Å². The second-order valence-electron chi connectivity index (χ2n) is 5.87. The van der Waals surface area contributed by atoms with Gasteiger partial charge in [0, 0.05) is 11.0 Å². The number of rotatable bonds is 6. The number of carboxylic acid groups (broad SMARTS) is 1. The number of carbonyl (C=O) groups is 2. The first kappa shape index (κ1) is 18.2. The second-order valence-corrected chi connectivity index (χ2v) is 6.67. The van der Waals surface area contributed by atoms with E-state index in [0.29, 0.717) is 12.0 Å². The van der Waals surface area contributed by atoms with Crippen LogP contribution in [0.5, 0.6) is 0 Å². The van der Waals surface area contributed by atoms with E-state index in [-0.39, 0.29) is 12.5 Å². The molecule has 2 rings (SSSR count). The molecule has 0 saturated carbocycles. The van der Waals surface area contributed by atoms with E-state index >= 15 is 0 Å². The molecule has 126 valence electrons. The van der Waals surface area contributed by atoms with Gasteiger partial charge in [-0.2, -0.15) is 0 Å². The Labute approximate surface area is 150 Å². The van der Waals surface area contributed by atoms with E-state index in [2.05, 4.69) is 21.2 Å². The maximum absolute atomic E-state index is 12.3. The van der Waals surface area contributed by atoms with E-state index in [1.165, 1.54) is 0 Å². The first-order valence-corrected chi connectivity index (χ1v) is 8.49. The highest BCUT2D eigenvalue weighted by Crippen LogP contribution is 2.21. The highest BCUT2D eigenvalue weighted by atomic mass is 79.9. The number of hydrogen-bond donors (Lipinski definition) is 2. The predicted molar refractivity (Wildman–Crippen MR) is 97.2 cm³/mol. The molecule has 5 heteroatoms. The van der Waals surface area contributed by atoms with Gasteiger partial charge in [-0.15, -0.1) is 0 Å². The summed E-state index contributed by atoms with van der Waals surface area (Å²) in [6.07, 6.45) is 0.381. The molecule has 1 atom stereocenters. The lowest BCUT2D eigenvalue weighted by molar-refractivity contribution is -0.141. The number of halogens is 1. The van der Waals surface area contributed by atoms with E-state index in [1.54, 1.807) is 12.1 Å². The maximum atomic E-state index is 12.3. The van der Waals surface area contributed by atoms with Crippen molar-refractivity contribution in [3.8, 4) is 0 Å². The van der Waals surface area contributed by atoms with E-state index in [0.717, 1.165) is 21.2 Å². The Morgan fingerprint density at radius 3 is 2.54 bits per heavy atom. The van der Waals surface area contributed by atoms with E-state index < -0.39 is 11.9 Å². The maximum Gasteiger partial charge on any atom is 0.308 e. The minimum Gasteiger partial charge on any atom is -0.481 e. The van der Waals surface area contributed by atoms with Crippen molar-refractivity contribution >= 4 is 27.8 Å². The Balaban J connectivity index is 2.05. The van der Waals surface area contributed by atoms with Crippen molar-refractivity contribution in [3.05, 3.63) is 69.2 Å². The Bertz CT molecular complexity index is 758. The summed E-state index contributed by atoms with van der Waals surface area (Å²) in [4.78, 5) is 23.8. The molecule has 0 spiro atoms. The van der Waals surface area contributed by atoms with Gasteiger partial charge in [0.25, 0.3) is 5.91 Å². The summed E-state index contributed by atoms with van der Waals surface area (Å²) in [6, 6.07) is 13.2. The third kappa shape index (κ3) is 4.68. The van der Waals surface area contributed by atoms with Crippen LogP contribution in [0.3, 0.4) is 0 Å². The van der Waals surface area contributed by atoms with Crippen LogP contribution in [0.15, 0.2) is 46.9 Å². The molecule has 0 radical (unpaired) electrons. The van der Waals surface area contributed by atoms with Crippen LogP contribution in [0, 0.1) is 19.8 Å². The van der Waals surface area contributed by atoms with Crippen LogP contribution in [-0.2, 0) is 11.2 Å². The topological polar surface area (TPSA) is 66.4 Å². The number of aliphatic carboxylic acids is 1. The van der Waals surface area contributed by atoms with E-state index in [4.69, 9.17) is 0 Å². The zero-order valence-corrected chi connectivity index (χ0v) is 15.3. The zero-order valence-electron chi connectivity index (χ0n) is 13.7. The van der Waals surface area contributed by atoms with Crippen LogP contribution < -0.4 is 5.32 Å². The van der Waals surface area contributed by atoms with Crippen LogP contribution in [0.2, 0.25) is 0 Å². The fraction of sp³-hybridized carbons (Fsp3) is 0.263. The molecule has 0 bridgehead atoms. The summed E-state index contributed by atoms with van der Waals surface area (Å²) in [6.45, 7) is 3.96. The summed E-state index contributed by atoms with van der Waals surface area (Å²) >= 11 is 3.40. The van der Waals surface area contributed by atoms with Crippen LogP contribution >= 0.6 is 15.9 Å². The van der Waals surface area contributed by atoms with Crippen molar-refractivity contribution < 1.29 is 14.7 Å². The monoisotopic (exact) mass is 389 g/mol. The number of carbonyl (C=O) groups excluding carboxylic acids is 1. The molecule has 2 N–H and O–H groups in total. The molecule has 4 nitrogen and oxygen atoms in total. The van der Waals surface area contributed by atoms with Crippen LogP contribution in [-0.4, -0.2) is 23.5 Å². The molecule has 24 heavy (non-hydrogen) atoms. The van der Waals surface area contributed by atoms with Crippen molar-refractivity contribution in [2.75, 3.05) is 6.54 Å². The number of amides is 1. The Morgan fingerprint density at radius 2 is 1.88 bits per heavy atom. The molecular weight excluding hydrogens is 370 g/mol. The number of nitrogens with one attached hydrogen (secondary N) is 1. The Morgan fingerprint density at radius 1 is 1.17 bits per heavy atom. The third-order valence-corrected chi connectivity index (χ3v) is 4.91. The lowest BCUT2D eigenvalue weighted by Gasteiger charge is -2.15. The van der Waals surface area contributed by atoms with Gasteiger partial charge in [-0.25, -0.2) is 0 Å². The number of aryl methyl sites for hydroxylation is 2. The van der Waals surface area contributed by atoms with Gasteiger partial charge < -0.3 is 10.4 Å². The minimum atomic E-state index is -0.917. The van der Waals surface area contributed by atoms with Crippen molar-refractivity contribution in [1.82, 2.24) is 5.32 Å². The molecule has 1 unspecified atom stereocenters. The highest BCUT2D eigenvalue weighted by molar-refractivity contribution is 9.10. The first-order valence-electron chi connectivity index (χ1n) is 7.70. The molecular formula is C19H20BrNO3. The summed E-state index contributed by atoms with van der Waals surface area (Å²) in [5, 5.41) is 12.2. The SMILES string of the molecule is Cc1cccc(CC(CNC(=O)c2cccc(C)c2Br)C(=O)O)c1. The molecule has 0 fully saturated rings. The Kier molecular flexibility index (Phi) is 6.15. The number of benzene rings is 2. The first-order chi connectivity index (χ1) is 11.4. The minimum absolute atomic E-state index is 0.0858. The van der Waals surface area contributed by atoms with Crippen molar-refractivity contribution in [1.29, 1.82) is 0 Å². The van der Waals surface area contributed by atoms with Gasteiger partial charge in [0.1, 0.15) is 0 Å². The van der Waals surface area contributed by atoms with Crippen LogP contribution in [0.4, 0.5) is 0 Å². The number of hydrogen-bond acceptors (Lipinski definition) is 2. The average molecular weight is 390 g/mol. The number of carboxylic acids is 1. The summed E-state index contributed by atoms with van der Waals surface area (Å²) in [7, 11) is 0. The Hall–Kier alpha value is -2.14. The summed E-state index contributed by atoms with van der Waals surface area (Å²) < 4.78 is 0.730. The molecule has 0 aliphatic heterocycles. The van der Waals surface area contributed by atoms with Gasteiger partial charge in [-0.3, -0.25) is 9.59 Å². The highest BCUT2D eigenvalue weighted by Gasteiger charge is 2.20. The molecule has 0 heterocycles. The third-order valence-electron chi connectivity index (χ3n) is 3.86. The zero-order chi connectivity index (χ0) is 17.7. The second kappa shape index (κ2) is 8.11. The van der Waals surface area contributed by atoms with Crippen molar-refractivity contribution in [2.45, 2.75) is 20.3 Å². The molecule has 0 aliphatic rings. The average Bonchev–Trinajstić information content (AvgIpc) is 2.53. The fourth-order valence-electron chi connectivity index (χ4n) is 2.50. The molecule has 2 aromatic rings. The van der Waals surface area contributed by atoms with Gasteiger partial charge in [0.2, 0.25) is 0 Å². The molecule has 0 aromatic heterocycles. The summed E-state index contributed by atoms with van der Waals surface area (Å²) in [5.41, 5.74) is 3.50. The fourth-order valence-corrected chi connectivity index (χ4v) is 2.95. The molecule has 1 amide bonds. The molecule has 0 saturated heterocycles. The largest absolute Gasteiger partial charge is 0.481 e. The van der Waals surface area contributed by atoms with E-state index in [9.17, 15) is 14.7 Å². The van der Waals surface area contributed by atoms with Gasteiger partial charge >= 0.3 is 5.97 Å². The van der Waals surface area contributed by atoms with E-state index in [1.807, 2.05) is 44.2 Å². The lowest BCUT2D eigenvalue weighted by atomic mass is 9.98. The van der Waals surface area contributed by atoms with Gasteiger partial charge in [-0.05, 0) is 53.4 Å². The molecule has 2 aromatic carbocycles. The normalized spacial score (nSPS) is 11.8. The van der Waals surface area contributed by atoms with Gasteiger partial charge in [0.15, 0.2) is 0 Å². The standard InChI is InChI=1S/C19H20BrNO3/c1-12-5-3-7-14(9-12)10-15(19(23)24)11-21-18(22)16-8-4-6-13(2)17(16)20/h3-9,15H,10-11H2,1-2H3,(H,21,22)(H,23,24). The van der Waals surface area contributed by atoms with Crippen LogP contribution in [0.1, 0.15) is 27.0 Å². The molecule has 0 aliphatic carbocycles. The summed E-state index contributed by atoms with van der Waals surface area (Å²) in [5.74, 6) is -1.86. The lowest BCUT2D eigenvalue weighted by Crippen LogP contribution is -2.34.